The van der Waals surface area contributed by atoms with Crippen molar-refractivity contribution in [3.05, 3.63) is 77.1 Å². The van der Waals surface area contributed by atoms with E-state index in [9.17, 15) is 19.5 Å². The fourth-order valence-corrected chi connectivity index (χ4v) is 5.20. The van der Waals surface area contributed by atoms with Crippen LogP contribution in [0.3, 0.4) is 0 Å². The van der Waals surface area contributed by atoms with Gasteiger partial charge in [-0.3, -0.25) is 9.59 Å². The van der Waals surface area contributed by atoms with Crippen molar-refractivity contribution in [2.45, 2.75) is 58.9 Å². The van der Waals surface area contributed by atoms with Crippen LogP contribution in [0.1, 0.15) is 59.3 Å². The number of urea groups is 1. The Morgan fingerprint density at radius 1 is 0.921 bits per heavy atom. The van der Waals surface area contributed by atoms with Gasteiger partial charge in [0, 0.05) is 23.5 Å². The maximum Gasteiger partial charge on any atom is 0.323 e. The first kappa shape index (κ1) is 26.9. The summed E-state index contributed by atoms with van der Waals surface area (Å²) in [5.41, 5.74) is 5.49. The average Bonchev–Trinajstić information content (AvgIpc) is 2.90. The predicted octanol–water partition coefficient (Wildman–Crippen LogP) is 6.18. The molecule has 3 amide bonds. The van der Waals surface area contributed by atoms with Crippen molar-refractivity contribution in [1.29, 1.82) is 0 Å². The molecule has 0 aliphatic heterocycles. The SMILES string of the molecule is Cc1cc(C)c(NC(=O)Nc2cc(-c3ccccc3)cnc2C(=O)N(CC(=O)O)C2CCCCC2)c(C)c1. The number of rotatable bonds is 7. The molecule has 38 heavy (non-hydrogen) atoms. The van der Waals surface area contributed by atoms with Crippen LogP contribution in [-0.2, 0) is 4.79 Å². The molecule has 3 aromatic rings. The smallest absolute Gasteiger partial charge is 0.323 e. The third-order valence-electron chi connectivity index (χ3n) is 6.94. The van der Waals surface area contributed by atoms with E-state index in [1.54, 1.807) is 12.3 Å². The Hall–Kier alpha value is -4.20. The lowest BCUT2D eigenvalue weighted by molar-refractivity contribution is -0.138. The average molecular weight is 515 g/mol. The number of pyridine rings is 1. The first-order valence-electron chi connectivity index (χ1n) is 13.0. The predicted molar refractivity (Wildman–Crippen MR) is 149 cm³/mol. The number of aryl methyl sites for hydroxylation is 3. The Morgan fingerprint density at radius 3 is 2.21 bits per heavy atom. The molecular formula is C30H34N4O4. The molecule has 1 heterocycles. The van der Waals surface area contributed by atoms with Crippen LogP contribution >= 0.6 is 0 Å². The number of carbonyl (C=O) groups is 3. The van der Waals surface area contributed by atoms with Gasteiger partial charge in [-0.1, -0.05) is 67.3 Å². The standard InChI is InChI=1S/C30H34N4O4/c1-19-14-20(2)27(21(3)15-19)33-30(38)32-25-16-23(22-10-6-4-7-11-22)17-31-28(25)29(37)34(18-26(35)36)24-12-8-5-9-13-24/h4,6-7,10-11,14-17,24H,5,8-9,12-13,18H2,1-3H3,(H,35,36)(H2,32,33,38). The van der Waals surface area contributed by atoms with Crippen molar-refractivity contribution in [3.8, 4) is 11.1 Å². The normalized spacial score (nSPS) is 13.6. The molecule has 2 aromatic carbocycles. The highest BCUT2D eigenvalue weighted by Crippen LogP contribution is 2.29. The third kappa shape index (κ3) is 6.37. The number of hydrogen-bond donors (Lipinski definition) is 3. The van der Waals surface area contributed by atoms with Crippen LogP contribution in [0, 0.1) is 20.8 Å². The Bertz CT molecular complexity index is 1310. The minimum absolute atomic E-state index is 0.0176. The second-order valence-corrected chi connectivity index (χ2v) is 9.96. The van der Waals surface area contributed by atoms with Gasteiger partial charge in [0.05, 0.1) is 5.69 Å². The zero-order valence-corrected chi connectivity index (χ0v) is 22.1. The van der Waals surface area contributed by atoms with E-state index in [-0.39, 0.29) is 17.4 Å². The Labute approximate surface area is 223 Å². The summed E-state index contributed by atoms with van der Waals surface area (Å²) in [7, 11) is 0. The molecule has 1 aliphatic carbocycles. The van der Waals surface area contributed by atoms with Crippen molar-refractivity contribution < 1.29 is 19.5 Å². The van der Waals surface area contributed by atoms with Gasteiger partial charge in [0.25, 0.3) is 5.91 Å². The second-order valence-electron chi connectivity index (χ2n) is 9.96. The Kier molecular flexibility index (Phi) is 8.41. The van der Waals surface area contributed by atoms with Crippen molar-refractivity contribution in [2.75, 3.05) is 17.2 Å². The number of aliphatic carboxylic acids is 1. The summed E-state index contributed by atoms with van der Waals surface area (Å²) < 4.78 is 0. The first-order chi connectivity index (χ1) is 18.2. The van der Waals surface area contributed by atoms with Crippen molar-refractivity contribution >= 4 is 29.3 Å². The maximum atomic E-state index is 13.8. The molecule has 3 N–H and O–H groups in total. The minimum atomic E-state index is -1.08. The molecule has 198 valence electrons. The maximum absolute atomic E-state index is 13.8. The quantitative estimate of drug-likeness (QED) is 0.349. The number of nitrogens with zero attached hydrogens (tertiary/aromatic N) is 2. The fourth-order valence-electron chi connectivity index (χ4n) is 5.20. The molecule has 8 heteroatoms. The number of carboxylic acids is 1. The van der Waals surface area contributed by atoms with Crippen LogP contribution in [0.5, 0.6) is 0 Å². The molecule has 1 fully saturated rings. The molecule has 8 nitrogen and oxygen atoms in total. The van der Waals surface area contributed by atoms with E-state index in [1.165, 1.54) is 4.90 Å². The summed E-state index contributed by atoms with van der Waals surface area (Å²) in [4.78, 5) is 44.5. The van der Waals surface area contributed by atoms with Gasteiger partial charge in [-0.2, -0.15) is 0 Å². The molecule has 1 aromatic heterocycles. The van der Waals surface area contributed by atoms with E-state index < -0.39 is 24.5 Å². The highest BCUT2D eigenvalue weighted by molar-refractivity contribution is 6.07. The highest BCUT2D eigenvalue weighted by Gasteiger charge is 2.30. The van der Waals surface area contributed by atoms with Gasteiger partial charge in [-0.15, -0.1) is 0 Å². The molecule has 0 unspecified atom stereocenters. The molecule has 0 atom stereocenters. The largest absolute Gasteiger partial charge is 0.480 e. The molecule has 0 radical (unpaired) electrons. The first-order valence-corrected chi connectivity index (χ1v) is 13.0. The van der Waals surface area contributed by atoms with Crippen molar-refractivity contribution in [1.82, 2.24) is 9.88 Å². The minimum Gasteiger partial charge on any atom is -0.480 e. The molecule has 4 rings (SSSR count). The molecule has 0 saturated heterocycles. The lowest BCUT2D eigenvalue weighted by Gasteiger charge is -2.33. The van der Waals surface area contributed by atoms with Crippen LogP contribution in [0.4, 0.5) is 16.2 Å². The zero-order valence-electron chi connectivity index (χ0n) is 22.1. The highest BCUT2D eigenvalue weighted by atomic mass is 16.4. The fraction of sp³-hybridized carbons (Fsp3) is 0.333. The van der Waals surface area contributed by atoms with Crippen LogP contribution in [0.15, 0.2) is 54.7 Å². The topological polar surface area (TPSA) is 112 Å². The number of carbonyl (C=O) groups excluding carboxylic acids is 2. The molecule has 1 aliphatic rings. The Balaban J connectivity index is 1.69. The summed E-state index contributed by atoms with van der Waals surface area (Å²) in [6.07, 6.45) is 6.03. The number of amides is 3. The summed E-state index contributed by atoms with van der Waals surface area (Å²) >= 11 is 0. The lowest BCUT2D eigenvalue weighted by Crippen LogP contribution is -2.45. The van der Waals surface area contributed by atoms with Gasteiger partial charge in [0.15, 0.2) is 5.69 Å². The van der Waals surface area contributed by atoms with Gasteiger partial charge in [0.1, 0.15) is 6.54 Å². The van der Waals surface area contributed by atoms with E-state index in [1.807, 2.05) is 63.2 Å². The second kappa shape index (κ2) is 11.9. The summed E-state index contributed by atoms with van der Waals surface area (Å²) in [6.45, 7) is 5.43. The number of nitrogens with one attached hydrogen (secondary N) is 2. The zero-order chi connectivity index (χ0) is 27.2. The molecule has 1 saturated carbocycles. The van der Waals surface area contributed by atoms with Gasteiger partial charge in [-0.05, 0) is 56.4 Å². The van der Waals surface area contributed by atoms with Gasteiger partial charge >= 0.3 is 12.0 Å². The number of benzene rings is 2. The van der Waals surface area contributed by atoms with E-state index >= 15 is 0 Å². The molecule has 0 spiro atoms. The summed E-state index contributed by atoms with van der Waals surface area (Å²) in [5, 5.41) is 15.3. The number of carboxylic acid groups (broad SMARTS) is 1. The van der Waals surface area contributed by atoms with Crippen LogP contribution in [-0.4, -0.2) is 45.5 Å². The van der Waals surface area contributed by atoms with E-state index in [2.05, 4.69) is 15.6 Å². The number of aromatic nitrogens is 1. The summed E-state index contributed by atoms with van der Waals surface area (Å²) in [6, 6.07) is 14.5. The lowest BCUT2D eigenvalue weighted by atomic mass is 9.93. The number of anilines is 2. The monoisotopic (exact) mass is 514 g/mol. The van der Waals surface area contributed by atoms with Gasteiger partial charge in [0.2, 0.25) is 0 Å². The van der Waals surface area contributed by atoms with Crippen molar-refractivity contribution in [3.63, 3.8) is 0 Å². The van der Waals surface area contributed by atoms with Gasteiger partial charge < -0.3 is 20.6 Å². The van der Waals surface area contributed by atoms with E-state index in [0.717, 1.165) is 59.9 Å². The van der Waals surface area contributed by atoms with Crippen LogP contribution < -0.4 is 10.6 Å². The van der Waals surface area contributed by atoms with E-state index in [4.69, 9.17) is 0 Å². The van der Waals surface area contributed by atoms with Crippen LogP contribution in [0.2, 0.25) is 0 Å². The van der Waals surface area contributed by atoms with Crippen LogP contribution in [0.25, 0.3) is 11.1 Å². The van der Waals surface area contributed by atoms with Crippen molar-refractivity contribution in [2.24, 2.45) is 0 Å². The Morgan fingerprint density at radius 2 is 1.58 bits per heavy atom. The molecular weight excluding hydrogens is 480 g/mol. The number of hydrogen-bond acceptors (Lipinski definition) is 4. The van der Waals surface area contributed by atoms with E-state index in [0.29, 0.717) is 5.69 Å². The summed E-state index contributed by atoms with van der Waals surface area (Å²) in [5.74, 6) is -1.58. The van der Waals surface area contributed by atoms with Gasteiger partial charge in [-0.25, -0.2) is 9.78 Å². The molecule has 0 bridgehead atoms. The third-order valence-corrected chi connectivity index (χ3v) is 6.94.